The lowest BCUT2D eigenvalue weighted by molar-refractivity contribution is -0.274. The van der Waals surface area contributed by atoms with Gasteiger partial charge in [-0.25, -0.2) is 4.98 Å². The first-order valence-corrected chi connectivity index (χ1v) is 7.94. The maximum Gasteiger partial charge on any atom is 0.426 e. The van der Waals surface area contributed by atoms with E-state index in [1.807, 2.05) is 0 Å². The quantitative estimate of drug-likeness (QED) is 0.666. The normalized spacial score (nSPS) is 14.0. The van der Waals surface area contributed by atoms with Crippen molar-refractivity contribution in [2.45, 2.75) is 18.2 Å². The van der Waals surface area contributed by atoms with Crippen molar-refractivity contribution in [2.24, 2.45) is 0 Å². The standard InChI is InChI=1S/C18H16F3N3O3/c1-24(12-7-3-2-4-8-12)23-15(25)11-17(26,18(19,20)21)16-22-13-9-5-6-10-14(13)27-16/h2-10,26H,11H2,1H3,(H,23,25)/t17-/m1/s1. The molecule has 0 fully saturated rings. The van der Waals surface area contributed by atoms with E-state index in [9.17, 15) is 23.1 Å². The molecule has 1 aromatic heterocycles. The molecule has 0 radical (unpaired) electrons. The Labute approximate surface area is 152 Å². The number of hydrazine groups is 1. The Morgan fingerprint density at radius 1 is 1.15 bits per heavy atom. The number of amides is 1. The number of nitrogens with zero attached hydrogens (tertiary/aromatic N) is 2. The SMILES string of the molecule is CN(NC(=O)C[C@@](O)(c1nc2ccccc2o1)C(F)(F)F)c1ccccc1. The molecule has 9 heteroatoms. The summed E-state index contributed by atoms with van der Waals surface area (Å²) in [6, 6.07) is 14.5. The van der Waals surface area contributed by atoms with E-state index in [1.54, 1.807) is 42.5 Å². The van der Waals surface area contributed by atoms with Gasteiger partial charge in [-0.1, -0.05) is 30.3 Å². The molecule has 0 aliphatic carbocycles. The summed E-state index contributed by atoms with van der Waals surface area (Å²) in [4.78, 5) is 15.9. The number of benzene rings is 2. The predicted molar refractivity (Wildman–Crippen MR) is 91.6 cm³/mol. The number of hydrogen-bond donors (Lipinski definition) is 2. The fraction of sp³-hybridized carbons (Fsp3) is 0.222. The molecule has 3 aromatic rings. The zero-order valence-electron chi connectivity index (χ0n) is 14.2. The van der Waals surface area contributed by atoms with Gasteiger partial charge >= 0.3 is 6.18 Å². The number of anilines is 1. The van der Waals surface area contributed by atoms with E-state index in [1.165, 1.54) is 24.2 Å². The molecule has 0 aliphatic rings. The van der Waals surface area contributed by atoms with Crippen LogP contribution in [0.4, 0.5) is 18.9 Å². The number of fused-ring (bicyclic) bond motifs is 1. The van der Waals surface area contributed by atoms with Gasteiger partial charge in [0.2, 0.25) is 17.4 Å². The molecule has 2 N–H and O–H groups in total. The van der Waals surface area contributed by atoms with E-state index < -0.39 is 30.0 Å². The van der Waals surface area contributed by atoms with Crippen molar-refractivity contribution in [1.82, 2.24) is 10.4 Å². The number of aromatic nitrogens is 1. The fourth-order valence-corrected chi connectivity index (χ4v) is 2.52. The molecule has 1 amide bonds. The highest BCUT2D eigenvalue weighted by molar-refractivity contribution is 5.79. The number of oxazole rings is 1. The summed E-state index contributed by atoms with van der Waals surface area (Å²) in [5.74, 6) is -2.03. The molecule has 142 valence electrons. The van der Waals surface area contributed by atoms with Crippen molar-refractivity contribution in [2.75, 3.05) is 12.1 Å². The lowest BCUT2D eigenvalue weighted by Gasteiger charge is -2.28. The third-order valence-corrected chi connectivity index (χ3v) is 3.97. The van der Waals surface area contributed by atoms with Gasteiger partial charge in [0.15, 0.2) is 5.58 Å². The monoisotopic (exact) mass is 379 g/mol. The van der Waals surface area contributed by atoms with E-state index in [0.717, 1.165) is 0 Å². The van der Waals surface area contributed by atoms with E-state index in [-0.39, 0.29) is 11.1 Å². The van der Waals surface area contributed by atoms with Gasteiger partial charge in [-0.2, -0.15) is 13.2 Å². The number of rotatable bonds is 5. The first-order valence-electron chi connectivity index (χ1n) is 7.94. The molecular weight excluding hydrogens is 363 g/mol. The molecule has 0 spiro atoms. The minimum absolute atomic E-state index is 0.0805. The van der Waals surface area contributed by atoms with Gasteiger partial charge in [0.05, 0.1) is 12.1 Å². The van der Waals surface area contributed by atoms with Gasteiger partial charge in [-0.3, -0.25) is 15.2 Å². The van der Waals surface area contributed by atoms with Crippen molar-refractivity contribution >= 4 is 22.7 Å². The molecule has 27 heavy (non-hydrogen) atoms. The summed E-state index contributed by atoms with van der Waals surface area (Å²) in [7, 11) is 1.47. The minimum Gasteiger partial charge on any atom is -0.437 e. The lowest BCUT2D eigenvalue weighted by atomic mass is 9.98. The van der Waals surface area contributed by atoms with Crippen LogP contribution in [0.1, 0.15) is 12.3 Å². The van der Waals surface area contributed by atoms with Crippen LogP contribution in [-0.2, 0) is 10.4 Å². The molecule has 2 aromatic carbocycles. The van der Waals surface area contributed by atoms with Crippen LogP contribution in [0.5, 0.6) is 0 Å². The predicted octanol–water partition coefficient (Wildman–Crippen LogP) is 3.14. The molecule has 1 atom stereocenters. The average molecular weight is 379 g/mol. The van der Waals surface area contributed by atoms with Crippen LogP contribution in [0.25, 0.3) is 11.1 Å². The van der Waals surface area contributed by atoms with Crippen LogP contribution in [0.3, 0.4) is 0 Å². The van der Waals surface area contributed by atoms with Gasteiger partial charge < -0.3 is 9.52 Å². The second-order valence-corrected chi connectivity index (χ2v) is 5.95. The Morgan fingerprint density at radius 3 is 2.41 bits per heavy atom. The van der Waals surface area contributed by atoms with Gasteiger partial charge in [-0.05, 0) is 24.3 Å². The van der Waals surface area contributed by atoms with Gasteiger partial charge in [0.25, 0.3) is 0 Å². The average Bonchev–Trinajstić information content (AvgIpc) is 3.06. The fourth-order valence-electron chi connectivity index (χ4n) is 2.52. The Hall–Kier alpha value is -3.07. The number of carbonyl (C=O) groups is 1. The highest BCUT2D eigenvalue weighted by Gasteiger charge is 2.60. The summed E-state index contributed by atoms with van der Waals surface area (Å²) in [5.41, 5.74) is -0.480. The molecule has 3 rings (SSSR count). The molecule has 1 heterocycles. The third kappa shape index (κ3) is 3.72. The highest BCUT2D eigenvalue weighted by Crippen LogP contribution is 2.42. The molecular formula is C18H16F3N3O3. The van der Waals surface area contributed by atoms with Crippen molar-refractivity contribution < 1.29 is 27.5 Å². The molecule has 0 aliphatic heterocycles. The zero-order chi connectivity index (χ0) is 19.7. The van der Waals surface area contributed by atoms with E-state index in [0.29, 0.717) is 5.69 Å². The number of carbonyl (C=O) groups excluding carboxylic acids is 1. The minimum atomic E-state index is -5.17. The number of para-hydroxylation sites is 3. The summed E-state index contributed by atoms with van der Waals surface area (Å²) in [5, 5.41) is 11.6. The Balaban J connectivity index is 1.85. The van der Waals surface area contributed by atoms with Crippen molar-refractivity contribution in [3.8, 4) is 0 Å². The largest absolute Gasteiger partial charge is 0.437 e. The summed E-state index contributed by atoms with van der Waals surface area (Å²) in [6.45, 7) is 0. The third-order valence-electron chi connectivity index (χ3n) is 3.97. The van der Waals surface area contributed by atoms with Gasteiger partial charge in [-0.15, -0.1) is 0 Å². The molecule has 0 unspecified atom stereocenters. The first kappa shape index (κ1) is 18.7. The molecule has 6 nitrogen and oxygen atoms in total. The van der Waals surface area contributed by atoms with E-state index >= 15 is 0 Å². The smallest absolute Gasteiger partial charge is 0.426 e. The molecule has 0 saturated carbocycles. The summed E-state index contributed by atoms with van der Waals surface area (Å²) >= 11 is 0. The van der Waals surface area contributed by atoms with Crippen LogP contribution in [0, 0.1) is 0 Å². The van der Waals surface area contributed by atoms with Crippen LogP contribution < -0.4 is 10.4 Å². The number of aliphatic hydroxyl groups is 1. The maximum atomic E-state index is 13.6. The van der Waals surface area contributed by atoms with Crippen molar-refractivity contribution in [1.29, 1.82) is 0 Å². The molecule has 0 saturated heterocycles. The van der Waals surface area contributed by atoms with Crippen molar-refractivity contribution in [3.63, 3.8) is 0 Å². The highest BCUT2D eigenvalue weighted by atomic mass is 19.4. The van der Waals surface area contributed by atoms with E-state index in [2.05, 4.69) is 10.4 Å². The Bertz CT molecular complexity index is 910. The zero-order valence-corrected chi connectivity index (χ0v) is 14.2. The van der Waals surface area contributed by atoms with Crippen LogP contribution in [0.15, 0.2) is 59.0 Å². The van der Waals surface area contributed by atoms with Gasteiger partial charge in [0, 0.05) is 7.05 Å². The number of halogens is 3. The Kier molecular flexibility index (Phi) is 4.79. The lowest BCUT2D eigenvalue weighted by Crippen LogP contribution is -2.49. The van der Waals surface area contributed by atoms with Crippen LogP contribution in [0.2, 0.25) is 0 Å². The Morgan fingerprint density at radius 2 is 1.78 bits per heavy atom. The molecule has 0 bridgehead atoms. The number of alkyl halides is 3. The number of nitrogens with one attached hydrogen (secondary N) is 1. The second-order valence-electron chi connectivity index (χ2n) is 5.95. The first-order chi connectivity index (χ1) is 12.7. The summed E-state index contributed by atoms with van der Waals surface area (Å²) < 4.78 is 45.9. The van der Waals surface area contributed by atoms with E-state index in [4.69, 9.17) is 4.42 Å². The number of hydrogen-bond acceptors (Lipinski definition) is 5. The topological polar surface area (TPSA) is 78.6 Å². The maximum absolute atomic E-state index is 13.6. The van der Waals surface area contributed by atoms with Crippen LogP contribution >= 0.6 is 0 Å². The van der Waals surface area contributed by atoms with Crippen LogP contribution in [-0.4, -0.2) is 29.2 Å². The summed E-state index contributed by atoms with van der Waals surface area (Å²) in [6.07, 6.45) is -6.48. The second kappa shape index (κ2) is 6.92. The van der Waals surface area contributed by atoms with Crippen molar-refractivity contribution in [3.05, 3.63) is 60.5 Å². The van der Waals surface area contributed by atoms with Gasteiger partial charge in [0.1, 0.15) is 5.52 Å².